The molecule has 4 nitrogen and oxygen atoms in total. The van der Waals surface area contributed by atoms with Crippen LogP contribution in [0.5, 0.6) is 5.75 Å². The van der Waals surface area contributed by atoms with Gasteiger partial charge in [0.05, 0.1) is 12.7 Å². The lowest BCUT2D eigenvalue weighted by Gasteiger charge is -2.25. The number of ether oxygens (including phenoxy) is 2. The van der Waals surface area contributed by atoms with Crippen LogP contribution >= 0.6 is 0 Å². The Hall–Kier alpha value is -1.10. The SMILES string of the molecule is CC(C)NCC(O)[CH]Oc1ccc(CCOC2CCC2)cc1. The second-order valence-electron chi connectivity index (χ2n) is 6.20. The zero-order chi connectivity index (χ0) is 15.8. The van der Waals surface area contributed by atoms with Crippen LogP contribution in [0.4, 0.5) is 0 Å². The molecule has 2 N–H and O–H groups in total. The molecule has 0 spiro atoms. The van der Waals surface area contributed by atoms with E-state index in [1.807, 2.05) is 38.1 Å². The van der Waals surface area contributed by atoms with Crippen LogP contribution < -0.4 is 10.1 Å². The molecule has 1 aromatic rings. The van der Waals surface area contributed by atoms with Crippen molar-refractivity contribution in [3.05, 3.63) is 36.4 Å². The van der Waals surface area contributed by atoms with Gasteiger partial charge in [-0.1, -0.05) is 26.0 Å². The summed E-state index contributed by atoms with van der Waals surface area (Å²) in [6, 6.07) is 8.30. The lowest BCUT2D eigenvalue weighted by Crippen LogP contribution is -2.33. The summed E-state index contributed by atoms with van der Waals surface area (Å²) >= 11 is 0. The molecule has 0 amide bonds. The molecule has 22 heavy (non-hydrogen) atoms. The first kappa shape index (κ1) is 17.3. The standard InChI is InChI=1S/C18H28NO3/c1-14(2)19-12-16(20)13-22-18-8-6-15(7-9-18)10-11-21-17-4-3-5-17/h6-9,13-14,16-17,19-20H,3-5,10-12H2,1-2H3. The van der Waals surface area contributed by atoms with Crippen molar-refractivity contribution >= 4 is 0 Å². The number of rotatable bonds is 10. The molecule has 1 unspecified atom stereocenters. The van der Waals surface area contributed by atoms with Crippen molar-refractivity contribution in [2.75, 3.05) is 13.2 Å². The second kappa shape index (κ2) is 9.13. The van der Waals surface area contributed by atoms with E-state index in [4.69, 9.17) is 9.47 Å². The Morgan fingerprint density at radius 1 is 1.27 bits per heavy atom. The fraction of sp³-hybridized carbons (Fsp3) is 0.611. The summed E-state index contributed by atoms with van der Waals surface area (Å²) in [5, 5.41) is 12.9. The van der Waals surface area contributed by atoms with Crippen LogP contribution in [0.25, 0.3) is 0 Å². The molecule has 0 aliphatic heterocycles. The predicted molar refractivity (Wildman–Crippen MR) is 87.8 cm³/mol. The Balaban J connectivity index is 1.63. The van der Waals surface area contributed by atoms with Gasteiger partial charge in [-0.15, -0.1) is 0 Å². The third-order valence-electron chi connectivity index (χ3n) is 3.82. The third kappa shape index (κ3) is 6.34. The Bertz CT molecular complexity index is 415. The highest BCUT2D eigenvalue weighted by atomic mass is 16.5. The van der Waals surface area contributed by atoms with Crippen molar-refractivity contribution in [2.45, 2.75) is 57.8 Å². The van der Waals surface area contributed by atoms with Crippen molar-refractivity contribution in [3.8, 4) is 5.75 Å². The Morgan fingerprint density at radius 3 is 2.59 bits per heavy atom. The lowest BCUT2D eigenvalue weighted by atomic mass is 9.96. The summed E-state index contributed by atoms with van der Waals surface area (Å²) in [5.74, 6) is 0.743. The minimum atomic E-state index is -0.613. The van der Waals surface area contributed by atoms with E-state index in [0.717, 1.165) is 18.8 Å². The predicted octanol–water partition coefficient (Wildman–Crippen LogP) is 2.70. The van der Waals surface area contributed by atoms with Gasteiger partial charge in [-0.25, -0.2) is 0 Å². The van der Waals surface area contributed by atoms with Crippen LogP contribution in [0.2, 0.25) is 0 Å². The van der Waals surface area contributed by atoms with E-state index in [2.05, 4.69) is 5.32 Å². The zero-order valence-electron chi connectivity index (χ0n) is 13.6. The van der Waals surface area contributed by atoms with Crippen molar-refractivity contribution in [1.82, 2.24) is 5.32 Å². The van der Waals surface area contributed by atoms with E-state index < -0.39 is 6.10 Å². The number of aliphatic hydroxyl groups is 1. The molecule has 1 atom stereocenters. The first-order chi connectivity index (χ1) is 10.6. The minimum Gasteiger partial charge on any atom is -0.484 e. The monoisotopic (exact) mass is 306 g/mol. The molecular weight excluding hydrogens is 278 g/mol. The maximum Gasteiger partial charge on any atom is 0.165 e. The van der Waals surface area contributed by atoms with Gasteiger partial charge in [0, 0.05) is 12.6 Å². The van der Waals surface area contributed by atoms with Crippen LogP contribution in [0, 0.1) is 6.61 Å². The van der Waals surface area contributed by atoms with Crippen LogP contribution in [0.3, 0.4) is 0 Å². The molecule has 1 aromatic carbocycles. The van der Waals surface area contributed by atoms with Crippen LogP contribution in [-0.2, 0) is 11.2 Å². The summed E-state index contributed by atoms with van der Waals surface area (Å²) in [4.78, 5) is 0. The van der Waals surface area contributed by atoms with Gasteiger partial charge in [0.2, 0.25) is 0 Å². The average molecular weight is 306 g/mol. The minimum absolute atomic E-state index is 0.351. The second-order valence-corrected chi connectivity index (χ2v) is 6.20. The Kier molecular flexibility index (Phi) is 7.16. The molecule has 123 valence electrons. The van der Waals surface area contributed by atoms with Gasteiger partial charge in [0.15, 0.2) is 6.61 Å². The van der Waals surface area contributed by atoms with Crippen LogP contribution in [0.1, 0.15) is 38.7 Å². The number of hydrogen-bond acceptors (Lipinski definition) is 4. The number of benzene rings is 1. The van der Waals surface area contributed by atoms with Crippen LogP contribution in [0.15, 0.2) is 24.3 Å². The first-order valence-corrected chi connectivity index (χ1v) is 8.25. The van der Waals surface area contributed by atoms with Crippen molar-refractivity contribution < 1.29 is 14.6 Å². The normalized spacial score (nSPS) is 16.5. The molecule has 1 saturated carbocycles. The van der Waals surface area contributed by atoms with E-state index in [0.29, 0.717) is 18.7 Å². The van der Waals surface area contributed by atoms with Gasteiger partial charge >= 0.3 is 0 Å². The zero-order valence-corrected chi connectivity index (χ0v) is 13.6. The Labute approximate surface area is 133 Å². The largest absolute Gasteiger partial charge is 0.484 e. The molecule has 1 radical (unpaired) electrons. The molecule has 0 heterocycles. The molecule has 4 heteroatoms. The lowest BCUT2D eigenvalue weighted by molar-refractivity contribution is 0.00413. The van der Waals surface area contributed by atoms with Crippen molar-refractivity contribution in [1.29, 1.82) is 0 Å². The highest BCUT2D eigenvalue weighted by Crippen LogP contribution is 2.22. The van der Waals surface area contributed by atoms with E-state index >= 15 is 0 Å². The van der Waals surface area contributed by atoms with Gasteiger partial charge < -0.3 is 19.9 Å². The molecule has 1 aliphatic carbocycles. The van der Waals surface area contributed by atoms with Gasteiger partial charge in [-0.05, 0) is 43.4 Å². The summed E-state index contributed by atoms with van der Waals surface area (Å²) in [6.07, 6.45) is 4.57. The van der Waals surface area contributed by atoms with E-state index in [9.17, 15) is 5.11 Å². The molecule has 1 fully saturated rings. The Morgan fingerprint density at radius 2 is 2.00 bits per heavy atom. The maximum absolute atomic E-state index is 9.75. The highest BCUT2D eigenvalue weighted by molar-refractivity contribution is 5.27. The topological polar surface area (TPSA) is 50.7 Å². The maximum atomic E-state index is 9.75. The van der Waals surface area contributed by atoms with Gasteiger partial charge in [-0.3, -0.25) is 0 Å². The van der Waals surface area contributed by atoms with Crippen molar-refractivity contribution in [3.63, 3.8) is 0 Å². The summed E-state index contributed by atoms with van der Waals surface area (Å²) < 4.78 is 11.2. The quantitative estimate of drug-likeness (QED) is 0.698. The third-order valence-corrected chi connectivity index (χ3v) is 3.82. The molecular formula is C18H28NO3. The summed E-state index contributed by atoms with van der Waals surface area (Å²) in [5.41, 5.74) is 1.24. The first-order valence-electron chi connectivity index (χ1n) is 8.25. The summed E-state index contributed by atoms with van der Waals surface area (Å²) in [7, 11) is 0. The van der Waals surface area contributed by atoms with Gasteiger partial charge in [-0.2, -0.15) is 0 Å². The van der Waals surface area contributed by atoms with Crippen molar-refractivity contribution in [2.24, 2.45) is 0 Å². The number of hydrogen-bond donors (Lipinski definition) is 2. The van der Waals surface area contributed by atoms with Gasteiger partial charge in [0.1, 0.15) is 11.9 Å². The number of aliphatic hydroxyl groups excluding tert-OH is 1. The van der Waals surface area contributed by atoms with E-state index in [-0.39, 0.29) is 0 Å². The molecule has 0 bridgehead atoms. The van der Waals surface area contributed by atoms with Gasteiger partial charge in [0.25, 0.3) is 0 Å². The van der Waals surface area contributed by atoms with E-state index in [1.54, 1.807) is 0 Å². The fourth-order valence-corrected chi connectivity index (χ4v) is 2.18. The van der Waals surface area contributed by atoms with E-state index in [1.165, 1.54) is 31.4 Å². The molecule has 0 saturated heterocycles. The molecule has 0 aromatic heterocycles. The molecule has 1 aliphatic rings. The average Bonchev–Trinajstić information content (AvgIpc) is 2.46. The fourth-order valence-electron chi connectivity index (χ4n) is 2.18. The smallest absolute Gasteiger partial charge is 0.165 e. The van der Waals surface area contributed by atoms with Crippen LogP contribution in [-0.4, -0.2) is 36.5 Å². The summed E-state index contributed by atoms with van der Waals surface area (Å²) in [6.45, 7) is 6.83. The molecule has 2 rings (SSSR count). The number of nitrogens with one attached hydrogen (secondary N) is 1. The highest BCUT2D eigenvalue weighted by Gasteiger charge is 2.17.